The molecule has 1 fully saturated rings. The summed E-state index contributed by atoms with van der Waals surface area (Å²) in [5, 5.41) is 3.06. The Hall–Kier alpha value is -0.0800. The van der Waals surface area contributed by atoms with E-state index in [4.69, 9.17) is 4.74 Å². The zero-order valence-electron chi connectivity index (χ0n) is 6.94. The van der Waals surface area contributed by atoms with Crippen molar-refractivity contribution in [3.05, 3.63) is 0 Å². The molecule has 0 spiro atoms. The summed E-state index contributed by atoms with van der Waals surface area (Å²) in [4.78, 5) is 0. The Labute approximate surface area is 63.0 Å². The first kappa shape index (κ1) is 8.02. The number of ether oxygens (including phenoxy) is 1. The monoisotopic (exact) mass is 143 g/mol. The van der Waals surface area contributed by atoms with Crippen LogP contribution in [0.1, 0.15) is 26.2 Å². The highest BCUT2D eigenvalue weighted by atomic mass is 16.5. The molecule has 1 aliphatic carbocycles. The molecule has 0 heterocycles. The second kappa shape index (κ2) is 3.35. The van der Waals surface area contributed by atoms with Crippen LogP contribution in [-0.2, 0) is 4.74 Å². The van der Waals surface area contributed by atoms with Crippen LogP contribution in [0, 0.1) is 0 Å². The van der Waals surface area contributed by atoms with Gasteiger partial charge in [-0.2, -0.15) is 0 Å². The first-order valence-electron chi connectivity index (χ1n) is 4.05. The van der Waals surface area contributed by atoms with E-state index in [2.05, 4.69) is 12.2 Å². The fourth-order valence-corrected chi connectivity index (χ4v) is 1.22. The van der Waals surface area contributed by atoms with E-state index in [0.29, 0.717) is 0 Å². The third-order valence-electron chi connectivity index (χ3n) is 2.21. The maximum atomic E-state index is 5.64. The highest BCUT2D eigenvalue weighted by Crippen LogP contribution is 2.34. The SMILES string of the molecule is CNCCOC1(C)CCC1. The third-order valence-corrected chi connectivity index (χ3v) is 2.21. The van der Waals surface area contributed by atoms with Crippen LogP contribution >= 0.6 is 0 Å². The van der Waals surface area contributed by atoms with Gasteiger partial charge in [-0.05, 0) is 33.2 Å². The minimum atomic E-state index is 0.233. The summed E-state index contributed by atoms with van der Waals surface area (Å²) in [5.74, 6) is 0. The van der Waals surface area contributed by atoms with Crippen LogP contribution in [0.5, 0.6) is 0 Å². The molecule has 0 bridgehead atoms. The molecule has 60 valence electrons. The molecule has 2 heteroatoms. The number of rotatable bonds is 4. The molecule has 1 saturated carbocycles. The van der Waals surface area contributed by atoms with E-state index >= 15 is 0 Å². The van der Waals surface area contributed by atoms with Gasteiger partial charge in [0, 0.05) is 6.54 Å². The maximum absolute atomic E-state index is 5.64. The highest BCUT2D eigenvalue weighted by molar-refractivity contribution is 4.84. The molecule has 0 radical (unpaired) electrons. The first-order chi connectivity index (χ1) is 4.77. The fraction of sp³-hybridized carbons (Fsp3) is 1.00. The molecule has 0 aromatic heterocycles. The van der Waals surface area contributed by atoms with Crippen molar-refractivity contribution in [2.24, 2.45) is 0 Å². The lowest BCUT2D eigenvalue weighted by Crippen LogP contribution is -2.38. The van der Waals surface area contributed by atoms with Crippen LogP contribution in [0.25, 0.3) is 0 Å². The van der Waals surface area contributed by atoms with E-state index in [0.717, 1.165) is 13.2 Å². The van der Waals surface area contributed by atoms with Crippen LogP contribution < -0.4 is 5.32 Å². The van der Waals surface area contributed by atoms with Crippen molar-refractivity contribution in [2.45, 2.75) is 31.8 Å². The Kier molecular flexibility index (Phi) is 2.69. The molecule has 1 aliphatic rings. The summed E-state index contributed by atoms with van der Waals surface area (Å²) >= 11 is 0. The molecule has 1 rings (SSSR count). The van der Waals surface area contributed by atoms with Gasteiger partial charge in [0.15, 0.2) is 0 Å². The molecule has 0 amide bonds. The zero-order chi connectivity index (χ0) is 7.45. The normalized spacial score (nSPS) is 22.2. The van der Waals surface area contributed by atoms with Crippen molar-refractivity contribution in [1.29, 1.82) is 0 Å². The molecule has 0 saturated heterocycles. The summed E-state index contributed by atoms with van der Waals surface area (Å²) in [6.07, 6.45) is 3.84. The van der Waals surface area contributed by atoms with Crippen LogP contribution in [0.4, 0.5) is 0 Å². The van der Waals surface area contributed by atoms with Gasteiger partial charge in [0.1, 0.15) is 0 Å². The fourth-order valence-electron chi connectivity index (χ4n) is 1.22. The Morgan fingerprint density at radius 1 is 1.50 bits per heavy atom. The van der Waals surface area contributed by atoms with Gasteiger partial charge in [-0.3, -0.25) is 0 Å². The number of nitrogens with one attached hydrogen (secondary N) is 1. The van der Waals surface area contributed by atoms with Crippen LogP contribution in [0.15, 0.2) is 0 Å². The minimum Gasteiger partial charge on any atom is -0.374 e. The van der Waals surface area contributed by atoms with Gasteiger partial charge in [-0.15, -0.1) is 0 Å². The maximum Gasteiger partial charge on any atom is 0.0655 e. The summed E-state index contributed by atoms with van der Waals surface area (Å²) in [7, 11) is 1.95. The second-order valence-electron chi connectivity index (χ2n) is 3.26. The van der Waals surface area contributed by atoms with Gasteiger partial charge in [-0.1, -0.05) is 0 Å². The van der Waals surface area contributed by atoms with Gasteiger partial charge >= 0.3 is 0 Å². The van der Waals surface area contributed by atoms with Crippen molar-refractivity contribution in [3.8, 4) is 0 Å². The lowest BCUT2D eigenvalue weighted by molar-refractivity contribution is -0.0832. The Bertz CT molecular complexity index is 99.4. The van der Waals surface area contributed by atoms with Crippen molar-refractivity contribution >= 4 is 0 Å². The molecule has 2 nitrogen and oxygen atoms in total. The Morgan fingerprint density at radius 3 is 2.60 bits per heavy atom. The number of hydrogen-bond donors (Lipinski definition) is 1. The highest BCUT2D eigenvalue weighted by Gasteiger charge is 2.32. The second-order valence-corrected chi connectivity index (χ2v) is 3.26. The number of likely N-dealkylation sites (N-methyl/N-ethyl adjacent to an activating group) is 1. The molecule has 0 aliphatic heterocycles. The molecule has 0 aromatic rings. The summed E-state index contributed by atoms with van der Waals surface area (Å²) in [6.45, 7) is 4.02. The van der Waals surface area contributed by atoms with E-state index in [1.807, 2.05) is 7.05 Å². The van der Waals surface area contributed by atoms with Crippen LogP contribution in [0.2, 0.25) is 0 Å². The lowest BCUT2D eigenvalue weighted by Gasteiger charge is -2.38. The van der Waals surface area contributed by atoms with E-state index in [9.17, 15) is 0 Å². The van der Waals surface area contributed by atoms with Gasteiger partial charge in [0.2, 0.25) is 0 Å². The first-order valence-corrected chi connectivity index (χ1v) is 4.05. The zero-order valence-corrected chi connectivity index (χ0v) is 6.94. The van der Waals surface area contributed by atoms with E-state index in [-0.39, 0.29) is 5.60 Å². The molecule has 0 aromatic carbocycles. The number of hydrogen-bond acceptors (Lipinski definition) is 2. The van der Waals surface area contributed by atoms with E-state index in [1.54, 1.807) is 0 Å². The Balaban J connectivity index is 2.01. The average Bonchev–Trinajstić information content (AvgIpc) is 1.85. The summed E-state index contributed by atoms with van der Waals surface area (Å²) in [6, 6.07) is 0. The van der Waals surface area contributed by atoms with E-state index < -0.39 is 0 Å². The standard InChI is InChI=1S/C8H17NO/c1-8(4-3-5-8)10-7-6-9-2/h9H,3-7H2,1-2H3. The quantitative estimate of drug-likeness (QED) is 0.596. The van der Waals surface area contributed by atoms with Crippen molar-refractivity contribution in [2.75, 3.05) is 20.2 Å². The largest absolute Gasteiger partial charge is 0.374 e. The Morgan fingerprint density at radius 2 is 2.20 bits per heavy atom. The molecule has 0 unspecified atom stereocenters. The van der Waals surface area contributed by atoms with E-state index in [1.165, 1.54) is 19.3 Å². The molecular formula is C8H17NO. The predicted molar refractivity (Wildman–Crippen MR) is 42.1 cm³/mol. The van der Waals surface area contributed by atoms with Crippen molar-refractivity contribution in [3.63, 3.8) is 0 Å². The lowest BCUT2D eigenvalue weighted by atomic mass is 9.82. The van der Waals surface area contributed by atoms with Gasteiger partial charge < -0.3 is 10.1 Å². The summed E-state index contributed by atoms with van der Waals surface area (Å²) in [5.41, 5.74) is 0.233. The van der Waals surface area contributed by atoms with Crippen LogP contribution in [-0.4, -0.2) is 25.8 Å². The predicted octanol–water partition coefficient (Wildman–Crippen LogP) is 1.16. The molecule has 1 N–H and O–H groups in total. The van der Waals surface area contributed by atoms with Crippen molar-refractivity contribution < 1.29 is 4.74 Å². The van der Waals surface area contributed by atoms with Crippen LogP contribution in [0.3, 0.4) is 0 Å². The minimum absolute atomic E-state index is 0.233. The van der Waals surface area contributed by atoms with Gasteiger partial charge in [0.05, 0.1) is 12.2 Å². The molecule has 10 heavy (non-hydrogen) atoms. The topological polar surface area (TPSA) is 21.3 Å². The van der Waals surface area contributed by atoms with Crippen molar-refractivity contribution in [1.82, 2.24) is 5.32 Å². The van der Waals surface area contributed by atoms with Gasteiger partial charge in [0.25, 0.3) is 0 Å². The average molecular weight is 143 g/mol. The molecular weight excluding hydrogens is 126 g/mol. The summed E-state index contributed by atoms with van der Waals surface area (Å²) < 4.78 is 5.64. The molecule has 0 atom stereocenters. The smallest absolute Gasteiger partial charge is 0.0655 e. The third kappa shape index (κ3) is 1.96. The van der Waals surface area contributed by atoms with Gasteiger partial charge in [-0.25, -0.2) is 0 Å².